The minimum Gasteiger partial charge on any atom is -0.394 e. The van der Waals surface area contributed by atoms with Crippen molar-refractivity contribution in [2.75, 3.05) is 19.8 Å². The predicted octanol–water partition coefficient (Wildman–Crippen LogP) is -7.62. The molecule has 2 saturated heterocycles. The van der Waals surface area contributed by atoms with Gasteiger partial charge in [0, 0.05) is 0 Å². The molecule has 0 bridgehead atoms. The standard InChI is InChI=1S/C21H39NO16/c1-2-6(22)10(25)14(29)15(30)11(26)7(24)4-35-20-19(34)17(32)13(28)9(38-20)5-36-21-18(33)16(31)12(27)8(3-23)37-21/h6-9,11-21,23-24,26-34H,2-5,22H2,1H3/t6?,7-,8-,9-,11-,12-,13-,14+,15+,16+,17+,18-,19-,20+,21+/m1/s1. The van der Waals surface area contributed by atoms with Crippen LogP contribution in [0.15, 0.2) is 0 Å². The summed E-state index contributed by atoms with van der Waals surface area (Å²) in [6.45, 7) is -0.620. The SMILES string of the molecule is CCC(N)C(=O)[C@H](O)[C@@H](O)[C@H](O)[C@H](O)CO[C@H]1O[C@H](CO[C@H]2O[C@H](CO)[C@@H](O)[C@H](O)[C@H]2O)[C@@H](O)[C@H](O)[C@H]1O. The second-order valence-electron chi connectivity index (χ2n) is 9.29. The highest BCUT2D eigenvalue weighted by molar-refractivity contribution is 5.88. The molecular formula is C21H39NO16. The predicted molar refractivity (Wildman–Crippen MR) is 120 cm³/mol. The third-order valence-corrected chi connectivity index (χ3v) is 6.54. The number of aliphatic hydroxyl groups is 11. The van der Waals surface area contributed by atoms with E-state index in [0.717, 1.165) is 0 Å². The Bertz CT molecular complexity index is 731. The summed E-state index contributed by atoms with van der Waals surface area (Å²) in [5.41, 5.74) is 5.50. The highest BCUT2D eigenvalue weighted by Crippen LogP contribution is 2.26. The molecule has 0 aromatic rings. The highest BCUT2D eigenvalue weighted by Gasteiger charge is 2.48. The maximum Gasteiger partial charge on any atom is 0.186 e. The van der Waals surface area contributed by atoms with Crippen LogP contribution < -0.4 is 5.73 Å². The van der Waals surface area contributed by atoms with Crippen LogP contribution in [0.1, 0.15) is 13.3 Å². The van der Waals surface area contributed by atoms with Gasteiger partial charge in [-0.3, -0.25) is 4.79 Å². The van der Waals surface area contributed by atoms with Gasteiger partial charge in [0.2, 0.25) is 0 Å². The van der Waals surface area contributed by atoms with Crippen LogP contribution in [0.2, 0.25) is 0 Å². The highest BCUT2D eigenvalue weighted by atomic mass is 16.7. The lowest BCUT2D eigenvalue weighted by atomic mass is 9.96. The molecule has 2 aliphatic heterocycles. The Hall–Kier alpha value is -0.970. The van der Waals surface area contributed by atoms with Crippen LogP contribution in [0, 0.1) is 0 Å². The molecule has 2 aliphatic rings. The fraction of sp³-hybridized carbons (Fsp3) is 0.952. The van der Waals surface area contributed by atoms with Crippen molar-refractivity contribution in [2.45, 2.75) is 105 Å². The molecule has 17 heteroatoms. The number of aliphatic hydroxyl groups excluding tert-OH is 11. The van der Waals surface area contributed by atoms with Gasteiger partial charge in [-0.05, 0) is 6.42 Å². The van der Waals surface area contributed by atoms with Crippen molar-refractivity contribution in [1.82, 2.24) is 0 Å². The molecule has 38 heavy (non-hydrogen) atoms. The van der Waals surface area contributed by atoms with Crippen molar-refractivity contribution in [2.24, 2.45) is 5.73 Å². The zero-order chi connectivity index (χ0) is 28.9. The molecule has 17 nitrogen and oxygen atoms in total. The third-order valence-electron chi connectivity index (χ3n) is 6.54. The van der Waals surface area contributed by atoms with Crippen molar-refractivity contribution < 1.29 is 79.9 Å². The first-order valence-corrected chi connectivity index (χ1v) is 12.0. The van der Waals surface area contributed by atoms with Gasteiger partial charge in [-0.15, -0.1) is 0 Å². The lowest BCUT2D eigenvalue weighted by Gasteiger charge is -2.42. The number of ketones is 1. The van der Waals surface area contributed by atoms with Crippen LogP contribution in [-0.2, 0) is 23.7 Å². The average Bonchev–Trinajstić information content (AvgIpc) is 2.92. The number of hydrogen-bond acceptors (Lipinski definition) is 17. The largest absolute Gasteiger partial charge is 0.394 e. The van der Waals surface area contributed by atoms with E-state index in [4.69, 9.17) is 24.7 Å². The van der Waals surface area contributed by atoms with Gasteiger partial charge in [-0.1, -0.05) is 6.92 Å². The third kappa shape index (κ3) is 7.61. The summed E-state index contributed by atoms with van der Waals surface area (Å²) in [5, 5.41) is 110. The summed E-state index contributed by atoms with van der Waals surface area (Å²) in [7, 11) is 0. The van der Waals surface area contributed by atoms with E-state index in [9.17, 15) is 61.0 Å². The van der Waals surface area contributed by atoms with Gasteiger partial charge < -0.3 is 80.9 Å². The van der Waals surface area contributed by atoms with E-state index < -0.39 is 117 Å². The van der Waals surface area contributed by atoms with Crippen molar-refractivity contribution in [1.29, 1.82) is 0 Å². The van der Waals surface area contributed by atoms with E-state index in [2.05, 4.69) is 0 Å². The van der Waals surface area contributed by atoms with Gasteiger partial charge in [0.05, 0.1) is 25.9 Å². The molecule has 224 valence electrons. The Kier molecular flexibility index (Phi) is 12.8. The maximum atomic E-state index is 11.9. The summed E-state index contributed by atoms with van der Waals surface area (Å²) < 4.78 is 21.0. The van der Waals surface area contributed by atoms with Gasteiger partial charge in [-0.25, -0.2) is 0 Å². The molecule has 0 amide bonds. The number of ether oxygens (including phenoxy) is 4. The monoisotopic (exact) mass is 561 g/mol. The van der Waals surface area contributed by atoms with E-state index >= 15 is 0 Å². The summed E-state index contributed by atoms with van der Waals surface area (Å²) in [6, 6.07) is -1.11. The van der Waals surface area contributed by atoms with Crippen molar-refractivity contribution in [3.8, 4) is 0 Å². The smallest absolute Gasteiger partial charge is 0.186 e. The van der Waals surface area contributed by atoms with Crippen molar-refractivity contribution in [3.63, 3.8) is 0 Å². The average molecular weight is 562 g/mol. The van der Waals surface area contributed by atoms with Gasteiger partial charge in [0.1, 0.15) is 73.2 Å². The molecule has 0 saturated carbocycles. The molecule has 0 aromatic carbocycles. The number of carbonyl (C=O) groups is 1. The van der Waals surface area contributed by atoms with Crippen LogP contribution in [0.25, 0.3) is 0 Å². The summed E-state index contributed by atoms with van der Waals surface area (Å²) in [4.78, 5) is 11.9. The maximum absolute atomic E-state index is 11.9. The molecule has 0 radical (unpaired) electrons. The number of rotatable bonds is 13. The second-order valence-corrected chi connectivity index (χ2v) is 9.29. The first-order chi connectivity index (χ1) is 17.8. The number of Topliss-reactive ketones (excluding diaryl/α,β-unsaturated/α-hetero) is 1. The van der Waals surface area contributed by atoms with Crippen LogP contribution in [0.4, 0.5) is 0 Å². The minimum absolute atomic E-state index is 0.150. The lowest BCUT2D eigenvalue weighted by Crippen LogP contribution is -2.62. The molecule has 15 atom stereocenters. The van der Waals surface area contributed by atoms with Crippen LogP contribution in [0.5, 0.6) is 0 Å². The second kappa shape index (κ2) is 14.6. The lowest BCUT2D eigenvalue weighted by molar-refractivity contribution is -0.333. The molecule has 0 spiro atoms. The van der Waals surface area contributed by atoms with Crippen LogP contribution in [0.3, 0.4) is 0 Å². The van der Waals surface area contributed by atoms with E-state index in [1.165, 1.54) is 0 Å². The Morgan fingerprint density at radius 2 is 1.29 bits per heavy atom. The summed E-state index contributed by atoms with van der Waals surface area (Å²) in [5.74, 6) is -0.961. The minimum atomic E-state index is -2.14. The Balaban J connectivity index is 1.96. The number of carbonyl (C=O) groups excluding carboxylic acids is 1. The fourth-order valence-electron chi connectivity index (χ4n) is 3.88. The normalized spacial score (nSPS) is 40.2. The topological polar surface area (TPSA) is 303 Å². The number of nitrogens with two attached hydrogens (primary N) is 1. The zero-order valence-electron chi connectivity index (χ0n) is 20.5. The Morgan fingerprint density at radius 3 is 1.82 bits per heavy atom. The molecule has 0 aromatic heterocycles. The molecule has 2 heterocycles. The van der Waals surface area contributed by atoms with Crippen LogP contribution in [-0.4, -0.2) is 174 Å². The fourth-order valence-corrected chi connectivity index (χ4v) is 3.88. The van der Waals surface area contributed by atoms with E-state index in [1.807, 2.05) is 0 Å². The van der Waals surface area contributed by atoms with E-state index in [-0.39, 0.29) is 6.42 Å². The summed E-state index contributed by atoms with van der Waals surface area (Å²) >= 11 is 0. The molecular weight excluding hydrogens is 522 g/mol. The van der Waals surface area contributed by atoms with Gasteiger partial charge in [-0.2, -0.15) is 0 Å². The molecule has 0 aliphatic carbocycles. The molecule has 2 rings (SSSR count). The van der Waals surface area contributed by atoms with Crippen molar-refractivity contribution in [3.05, 3.63) is 0 Å². The van der Waals surface area contributed by atoms with E-state index in [1.54, 1.807) is 6.92 Å². The van der Waals surface area contributed by atoms with E-state index in [0.29, 0.717) is 0 Å². The Labute approximate surface area is 217 Å². The number of hydrogen-bond donors (Lipinski definition) is 12. The van der Waals surface area contributed by atoms with Gasteiger partial charge in [0.15, 0.2) is 18.4 Å². The van der Waals surface area contributed by atoms with Gasteiger partial charge >= 0.3 is 0 Å². The molecule has 13 N–H and O–H groups in total. The molecule has 1 unspecified atom stereocenters. The molecule has 2 fully saturated rings. The van der Waals surface area contributed by atoms with Crippen molar-refractivity contribution >= 4 is 5.78 Å². The quantitative estimate of drug-likeness (QED) is 0.0993. The Morgan fingerprint density at radius 1 is 0.789 bits per heavy atom. The first-order valence-electron chi connectivity index (χ1n) is 12.0. The van der Waals surface area contributed by atoms with Crippen LogP contribution >= 0.6 is 0 Å². The van der Waals surface area contributed by atoms with Gasteiger partial charge in [0.25, 0.3) is 0 Å². The summed E-state index contributed by atoms with van der Waals surface area (Å²) in [6.07, 6.45) is -24.7. The zero-order valence-corrected chi connectivity index (χ0v) is 20.5. The first kappa shape index (κ1) is 33.2.